The number of aliphatic carboxylic acids is 1. The van der Waals surface area contributed by atoms with Crippen LogP contribution in [0, 0.1) is 5.92 Å². The summed E-state index contributed by atoms with van der Waals surface area (Å²) in [5.74, 6) is -0.851. The van der Waals surface area contributed by atoms with E-state index in [-0.39, 0.29) is 19.3 Å². The monoisotopic (exact) mass is 448 g/mol. The zero-order valence-corrected chi connectivity index (χ0v) is 19.1. The van der Waals surface area contributed by atoms with Crippen LogP contribution in [0.4, 0.5) is 4.79 Å². The van der Waals surface area contributed by atoms with E-state index >= 15 is 0 Å². The van der Waals surface area contributed by atoms with Crippen LogP contribution in [-0.2, 0) is 25.7 Å². The third-order valence-corrected chi connectivity index (χ3v) is 5.83. The summed E-state index contributed by atoms with van der Waals surface area (Å²) in [7, 11) is 0. The van der Waals surface area contributed by atoms with Crippen LogP contribution in [0.15, 0.2) is 30.3 Å². The van der Waals surface area contributed by atoms with Gasteiger partial charge in [-0.3, -0.25) is 14.9 Å². The molecule has 1 heterocycles. The van der Waals surface area contributed by atoms with Gasteiger partial charge in [-0.1, -0.05) is 49.6 Å². The molecular weight excluding hydrogens is 412 g/mol. The Bertz CT molecular complexity index is 718. The van der Waals surface area contributed by atoms with Crippen LogP contribution in [0.1, 0.15) is 57.9 Å². The fourth-order valence-electron chi connectivity index (χ4n) is 3.88. The molecule has 2 rings (SSSR count). The van der Waals surface area contributed by atoms with Gasteiger partial charge in [0, 0.05) is 13.1 Å². The van der Waals surface area contributed by atoms with E-state index in [1.54, 1.807) is 11.8 Å². The third-order valence-electron chi connectivity index (χ3n) is 5.83. The number of benzene rings is 1. The van der Waals surface area contributed by atoms with Gasteiger partial charge in [-0.05, 0) is 44.6 Å². The molecule has 0 radical (unpaired) electrons. The number of carbonyl (C=O) groups excluding carboxylic acids is 2. The van der Waals surface area contributed by atoms with E-state index in [9.17, 15) is 14.4 Å². The fraction of sp³-hybridized carbons (Fsp3) is 0.625. The first-order valence-corrected chi connectivity index (χ1v) is 11.5. The van der Waals surface area contributed by atoms with E-state index in [4.69, 9.17) is 14.6 Å². The first-order chi connectivity index (χ1) is 15.4. The van der Waals surface area contributed by atoms with Gasteiger partial charge in [-0.2, -0.15) is 0 Å². The maximum absolute atomic E-state index is 12.3. The number of rotatable bonds is 12. The van der Waals surface area contributed by atoms with Crippen molar-refractivity contribution in [1.82, 2.24) is 10.2 Å². The summed E-state index contributed by atoms with van der Waals surface area (Å²) in [6, 6.07) is 8.23. The molecule has 0 spiro atoms. The summed E-state index contributed by atoms with van der Waals surface area (Å²) in [5.41, 5.74) is 0.976. The molecule has 2 atom stereocenters. The van der Waals surface area contributed by atoms with E-state index in [2.05, 4.69) is 5.32 Å². The van der Waals surface area contributed by atoms with Gasteiger partial charge >= 0.3 is 18.0 Å². The second kappa shape index (κ2) is 13.7. The van der Waals surface area contributed by atoms with Crippen LogP contribution in [0.25, 0.3) is 0 Å². The van der Waals surface area contributed by atoms with Crippen molar-refractivity contribution in [2.75, 3.05) is 19.7 Å². The quantitative estimate of drug-likeness (QED) is 0.372. The number of hydrogen-bond acceptors (Lipinski definition) is 6. The topological polar surface area (TPSA) is 105 Å². The zero-order chi connectivity index (χ0) is 23.3. The van der Waals surface area contributed by atoms with Gasteiger partial charge in [0.1, 0.15) is 18.7 Å². The van der Waals surface area contributed by atoms with Crippen molar-refractivity contribution in [3.63, 3.8) is 0 Å². The molecule has 1 fully saturated rings. The smallest absolute Gasteiger partial charge is 0.410 e. The van der Waals surface area contributed by atoms with Crippen molar-refractivity contribution in [3.8, 4) is 0 Å². The number of nitrogens with one attached hydrogen (secondary N) is 1. The Morgan fingerprint density at radius 2 is 1.81 bits per heavy atom. The SMILES string of the molecule is CCOC(=O)[C@@H](CCCCC1CCN(C(=O)OCc2ccccc2)CC1)N[C@@H](C)C(=O)O. The summed E-state index contributed by atoms with van der Waals surface area (Å²) in [6.45, 7) is 5.20. The number of amides is 1. The van der Waals surface area contributed by atoms with Crippen molar-refractivity contribution in [2.24, 2.45) is 5.92 Å². The Labute approximate surface area is 190 Å². The lowest BCUT2D eigenvalue weighted by atomic mass is 9.91. The van der Waals surface area contributed by atoms with Gasteiger partial charge in [0.15, 0.2) is 0 Å². The molecule has 1 aromatic rings. The van der Waals surface area contributed by atoms with E-state index < -0.39 is 24.0 Å². The molecule has 2 N–H and O–H groups in total. The molecule has 1 aliphatic rings. The van der Waals surface area contributed by atoms with E-state index in [0.717, 1.165) is 37.7 Å². The van der Waals surface area contributed by atoms with Crippen LogP contribution < -0.4 is 5.32 Å². The number of carboxylic acids is 1. The molecule has 0 saturated carbocycles. The van der Waals surface area contributed by atoms with Crippen LogP contribution in [0.5, 0.6) is 0 Å². The molecular formula is C24H36N2O6. The Morgan fingerprint density at radius 1 is 1.12 bits per heavy atom. The highest BCUT2D eigenvalue weighted by Gasteiger charge is 2.26. The minimum Gasteiger partial charge on any atom is -0.480 e. The van der Waals surface area contributed by atoms with Crippen LogP contribution >= 0.6 is 0 Å². The number of likely N-dealkylation sites (tertiary alicyclic amines) is 1. The summed E-state index contributed by atoms with van der Waals surface area (Å²) in [5, 5.41) is 11.9. The number of hydrogen-bond donors (Lipinski definition) is 2. The molecule has 0 aromatic heterocycles. The second-order valence-corrected chi connectivity index (χ2v) is 8.29. The Balaban J connectivity index is 1.65. The number of ether oxygens (including phenoxy) is 2. The van der Waals surface area contributed by atoms with E-state index in [1.807, 2.05) is 30.3 Å². The number of nitrogens with zero attached hydrogens (tertiary/aromatic N) is 1. The lowest BCUT2D eigenvalue weighted by Crippen LogP contribution is -2.46. The lowest BCUT2D eigenvalue weighted by molar-refractivity contribution is -0.147. The third kappa shape index (κ3) is 8.86. The number of carbonyl (C=O) groups is 3. The van der Waals surface area contributed by atoms with Crippen molar-refractivity contribution in [1.29, 1.82) is 0 Å². The van der Waals surface area contributed by atoms with Gasteiger partial charge in [0.2, 0.25) is 0 Å². The van der Waals surface area contributed by atoms with Crippen molar-refractivity contribution < 1.29 is 29.0 Å². The minimum atomic E-state index is -0.992. The molecule has 1 aliphatic heterocycles. The molecule has 0 unspecified atom stereocenters. The average Bonchev–Trinajstić information content (AvgIpc) is 2.80. The number of carboxylic acid groups (broad SMARTS) is 1. The number of unbranched alkanes of at least 4 members (excludes halogenated alkanes) is 1. The van der Waals surface area contributed by atoms with Gasteiger partial charge in [0.05, 0.1) is 6.61 Å². The maximum atomic E-state index is 12.3. The van der Waals surface area contributed by atoms with Crippen LogP contribution in [-0.4, -0.2) is 59.8 Å². The standard InChI is InChI=1S/C24H36N2O6/c1-3-31-23(29)21(25-18(2)22(27)28)12-8-7-9-19-13-15-26(16-14-19)24(30)32-17-20-10-5-4-6-11-20/h4-6,10-11,18-19,21,25H,3,7-9,12-17H2,1-2H3,(H,27,28)/t18-,21+/m0/s1. The minimum absolute atomic E-state index is 0.261. The van der Waals surface area contributed by atoms with Crippen molar-refractivity contribution >= 4 is 18.0 Å². The number of piperidine rings is 1. The normalized spacial score (nSPS) is 16.2. The molecule has 1 saturated heterocycles. The molecule has 32 heavy (non-hydrogen) atoms. The summed E-state index contributed by atoms with van der Waals surface area (Å²) in [4.78, 5) is 37.3. The van der Waals surface area contributed by atoms with E-state index in [1.165, 1.54) is 6.92 Å². The van der Waals surface area contributed by atoms with Gasteiger partial charge < -0.3 is 19.5 Å². The van der Waals surface area contributed by atoms with Crippen LogP contribution in [0.3, 0.4) is 0 Å². The molecule has 8 nitrogen and oxygen atoms in total. The second-order valence-electron chi connectivity index (χ2n) is 8.29. The van der Waals surface area contributed by atoms with Gasteiger partial charge in [-0.25, -0.2) is 4.79 Å². The lowest BCUT2D eigenvalue weighted by Gasteiger charge is -2.31. The van der Waals surface area contributed by atoms with Crippen molar-refractivity contribution in [2.45, 2.75) is 71.1 Å². The summed E-state index contributed by atoms with van der Waals surface area (Å²) in [6.07, 6.45) is 4.94. The van der Waals surface area contributed by atoms with Crippen LogP contribution in [0.2, 0.25) is 0 Å². The predicted octanol–water partition coefficient (Wildman–Crippen LogP) is 3.59. The Kier molecular flexibility index (Phi) is 11.0. The average molecular weight is 449 g/mol. The molecule has 1 aromatic carbocycles. The molecule has 0 bridgehead atoms. The molecule has 8 heteroatoms. The predicted molar refractivity (Wildman–Crippen MR) is 120 cm³/mol. The summed E-state index contributed by atoms with van der Waals surface area (Å²) >= 11 is 0. The molecule has 0 aliphatic carbocycles. The highest BCUT2D eigenvalue weighted by molar-refractivity contribution is 5.78. The first kappa shape index (κ1) is 25.6. The van der Waals surface area contributed by atoms with Crippen molar-refractivity contribution in [3.05, 3.63) is 35.9 Å². The Hall–Kier alpha value is -2.61. The first-order valence-electron chi connectivity index (χ1n) is 11.5. The highest BCUT2D eigenvalue weighted by Crippen LogP contribution is 2.24. The summed E-state index contributed by atoms with van der Waals surface area (Å²) < 4.78 is 10.5. The van der Waals surface area contributed by atoms with Gasteiger partial charge in [0.25, 0.3) is 0 Å². The maximum Gasteiger partial charge on any atom is 0.410 e. The number of esters is 1. The van der Waals surface area contributed by atoms with Gasteiger partial charge in [-0.15, -0.1) is 0 Å². The van der Waals surface area contributed by atoms with E-state index in [0.29, 0.717) is 25.4 Å². The molecule has 178 valence electrons. The molecule has 1 amide bonds. The zero-order valence-electron chi connectivity index (χ0n) is 19.1. The fourth-order valence-corrected chi connectivity index (χ4v) is 3.88. The Morgan fingerprint density at radius 3 is 2.44 bits per heavy atom. The highest BCUT2D eigenvalue weighted by atomic mass is 16.6. The largest absolute Gasteiger partial charge is 0.480 e.